The van der Waals surface area contributed by atoms with Crippen molar-refractivity contribution in [3.63, 3.8) is 0 Å². The van der Waals surface area contributed by atoms with Gasteiger partial charge >= 0.3 is 0 Å². The minimum Gasteiger partial charge on any atom is -0.0991 e. The Balaban J connectivity index is 3.45. The van der Waals surface area contributed by atoms with E-state index in [4.69, 9.17) is 0 Å². The molecule has 70 valence electrons. The van der Waals surface area contributed by atoms with E-state index >= 15 is 0 Å². The van der Waals surface area contributed by atoms with Gasteiger partial charge in [0.15, 0.2) is 0 Å². The highest BCUT2D eigenvalue weighted by Gasteiger charge is 1.92. The fourth-order valence-corrected chi connectivity index (χ4v) is 1.32. The molecule has 0 aliphatic heterocycles. The molecule has 0 nitrogen and oxygen atoms in total. The summed E-state index contributed by atoms with van der Waals surface area (Å²) in [5, 5.41) is 0. The van der Waals surface area contributed by atoms with E-state index in [2.05, 4.69) is 26.5 Å². The van der Waals surface area contributed by atoms with Crippen LogP contribution in [0, 0.1) is 0 Å². The van der Waals surface area contributed by atoms with Gasteiger partial charge in [-0.2, -0.15) is 0 Å². The van der Waals surface area contributed by atoms with Gasteiger partial charge in [-0.25, -0.2) is 0 Å². The molecule has 0 aliphatic rings. The van der Waals surface area contributed by atoms with E-state index in [-0.39, 0.29) is 0 Å². The Labute approximate surface area is 77.4 Å². The predicted octanol–water partition coefficient (Wildman–Crippen LogP) is 4.48. The van der Waals surface area contributed by atoms with E-state index in [0.29, 0.717) is 0 Å². The maximum atomic E-state index is 3.72. The second-order valence-electron chi connectivity index (χ2n) is 3.22. The highest BCUT2D eigenvalue weighted by atomic mass is 14.0. The first-order valence-electron chi connectivity index (χ1n) is 5.15. The Morgan fingerprint density at radius 1 is 1.17 bits per heavy atom. The second kappa shape index (κ2) is 8.58. The standard InChI is InChI=1S/C12H22/c1-4-7-8-9-11-12(6-3)10-5-2/h5,10H,2,4,6-9,11H2,1,3H3. The monoisotopic (exact) mass is 166 g/mol. The van der Waals surface area contributed by atoms with Gasteiger partial charge < -0.3 is 0 Å². The zero-order valence-electron chi connectivity index (χ0n) is 8.60. The van der Waals surface area contributed by atoms with Crippen LogP contribution in [0.1, 0.15) is 52.4 Å². The van der Waals surface area contributed by atoms with Gasteiger partial charge in [0.2, 0.25) is 0 Å². The fraction of sp³-hybridized carbons (Fsp3) is 0.667. The van der Waals surface area contributed by atoms with Crippen molar-refractivity contribution in [1.82, 2.24) is 0 Å². The van der Waals surface area contributed by atoms with Crippen LogP contribution in [0.25, 0.3) is 0 Å². The quantitative estimate of drug-likeness (QED) is 0.386. The maximum Gasteiger partial charge on any atom is -0.0317 e. The molecule has 0 unspecified atom stereocenters. The van der Waals surface area contributed by atoms with Crippen LogP contribution in [-0.4, -0.2) is 0 Å². The van der Waals surface area contributed by atoms with E-state index in [1.54, 1.807) is 5.57 Å². The Hall–Kier alpha value is -0.520. The molecule has 0 atom stereocenters. The van der Waals surface area contributed by atoms with Crippen LogP contribution in [0.2, 0.25) is 0 Å². The fourth-order valence-electron chi connectivity index (χ4n) is 1.32. The Morgan fingerprint density at radius 2 is 1.92 bits per heavy atom. The van der Waals surface area contributed by atoms with E-state index < -0.39 is 0 Å². The van der Waals surface area contributed by atoms with Crippen LogP contribution in [0.15, 0.2) is 24.3 Å². The number of unbranched alkanes of at least 4 members (excludes halogenated alkanes) is 3. The Kier molecular flexibility index (Phi) is 8.20. The smallest absolute Gasteiger partial charge is 0.0317 e. The van der Waals surface area contributed by atoms with Crippen molar-refractivity contribution >= 4 is 0 Å². The van der Waals surface area contributed by atoms with Crippen molar-refractivity contribution in [3.05, 3.63) is 24.3 Å². The number of hydrogen-bond acceptors (Lipinski definition) is 0. The molecule has 0 aromatic heterocycles. The third-order valence-corrected chi connectivity index (χ3v) is 2.16. The average molecular weight is 166 g/mol. The van der Waals surface area contributed by atoms with E-state index in [0.717, 1.165) is 0 Å². The lowest BCUT2D eigenvalue weighted by atomic mass is 10.0. The first-order valence-corrected chi connectivity index (χ1v) is 5.15. The van der Waals surface area contributed by atoms with E-state index in [1.807, 2.05) is 6.08 Å². The van der Waals surface area contributed by atoms with Gasteiger partial charge in [-0.3, -0.25) is 0 Å². The van der Waals surface area contributed by atoms with Crippen molar-refractivity contribution in [2.24, 2.45) is 0 Å². The SMILES string of the molecule is C=CC=C(CC)CCCCCC. The van der Waals surface area contributed by atoms with Crippen molar-refractivity contribution in [2.45, 2.75) is 52.4 Å². The zero-order chi connectivity index (χ0) is 9.23. The molecule has 0 spiro atoms. The number of hydrogen-bond donors (Lipinski definition) is 0. The Bertz CT molecular complexity index is 131. The molecule has 12 heavy (non-hydrogen) atoms. The molecular weight excluding hydrogens is 144 g/mol. The lowest BCUT2D eigenvalue weighted by Gasteiger charge is -2.02. The third kappa shape index (κ3) is 6.21. The molecule has 0 radical (unpaired) electrons. The topological polar surface area (TPSA) is 0 Å². The van der Waals surface area contributed by atoms with Gasteiger partial charge in [-0.15, -0.1) is 0 Å². The first kappa shape index (κ1) is 11.5. The molecular formula is C12H22. The van der Waals surface area contributed by atoms with Gasteiger partial charge in [-0.05, 0) is 19.3 Å². The van der Waals surface area contributed by atoms with E-state index in [1.165, 1.54) is 38.5 Å². The van der Waals surface area contributed by atoms with Crippen LogP contribution >= 0.6 is 0 Å². The van der Waals surface area contributed by atoms with E-state index in [9.17, 15) is 0 Å². The molecule has 0 fully saturated rings. The van der Waals surface area contributed by atoms with Crippen LogP contribution < -0.4 is 0 Å². The normalized spacial score (nSPS) is 11.7. The molecule has 0 saturated heterocycles. The molecule has 0 heterocycles. The summed E-state index contributed by atoms with van der Waals surface area (Å²) in [6.45, 7) is 8.18. The average Bonchev–Trinajstić information content (AvgIpc) is 2.10. The lowest BCUT2D eigenvalue weighted by molar-refractivity contribution is 0.658. The summed E-state index contributed by atoms with van der Waals surface area (Å²) in [6, 6.07) is 0. The maximum absolute atomic E-state index is 3.72. The molecule has 0 heteroatoms. The van der Waals surface area contributed by atoms with Gasteiger partial charge in [0, 0.05) is 0 Å². The molecule has 0 N–H and O–H groups in total. The summed E-state index contributed by atoms with van der Waals surface area (Å²) in [5.74, 6) is 0. The number of allylic oxidation sites excluding steroid dienone is 3. The summed E-state index contributed by atoms with van der Waals surface area (Å²) >= 11 is 0. The molecule has 0 saturated carbocycles. The minimum absolute atomic E-state index is 1.18. The summed E-state index contributed by atoms with van der Waals surface area (Å²) in [5.41, 5.74) is 1.54. The highest BCUT2D eigenvalue weighted by molar-refractivity contribution is 5.09. The minimum atomic E-state index is 1.18. The Morgan fingerprint density at radius 3 is 2.42 bits per heavy atom. The lowest BCUT2D eigenvalue weighted by Crippen LogP contribution is -1.82. The van der Waals surface area contributed by atoms with Gasteiger partial charge in [0.25, 0.3) is 0 Å². The third-order valence-electron chi connectivity index (χ3n) is 2.16. The van der Waals surface area contributed by atoms with Gasteiger partial charge in [0.05, 0.1) is 0 Å². The number of rotatable bonds is 7. The van der Waals surface area contributed by atoms with Crippen LogP contribution in [0.5, 0.6) is 0 Å². The van der Waals surface area contributed by atoms with Crippen LogP contribution in [0.4, 0.5) is 0 Å². The summed E-state index contributed by atoms with van der Waals surface area (Å²) in [7, 11) is 0. The molecule has 0 aromatic carbocycles. The predicted molar refractivity (Wildman–Crippen MR) is 57.3 cm³/mol. The second-order valence-corrected chi connectivity index (χ2v) is 3.22. The van der Waals surface area contributed by atoms with Crippen molar-refractivity contribution < 1.29 is 0 Å². The molecule has 0 bridgehead atoms. The van der Waals surface area contributed by atoms with Crippen molar-refractivity contribution in [3.8, 4) is 0 Å². The van der Waals surface area contributed by atoms with Crippen molar-refractivity contribution in [1.29, 1.82) is 0 Å². The molecule has 0 aliphatic carbocycles. The molecule has 0 aromatic rings. The van der Waals surface area contributed by atoms with Crippen LogP contribution in [-0.2, 0) is 0 Å². The molecule has 0 amide bonds. The first-order chi connectivity index (χ1) is 5.85. The molecule has 0 rings (SSSR count). The van der Waals surface area contributed by atoms with Crippen molar-refractivity contribution in [2.75, 3.05) is 0 Å². The largest absolute Gasteiger partial charge is 0.0991 e. The summed E-state index contributed by atoms with van der Waals surface area (Å²) < 4.78 is 0. The zero-order valence-corrected chi connectivity index (χ0v) is 8.60. The van der Waals surface area contributed by atoms with Crippen LogP contribution in [0.3, 0.4) is 0 Å². The van der Waals surface area contributed by atoms with Gasteiger partial charge in [0.1, 0.15) is 0 Å². The van der Waals surface area contributed by atoms with Gasteiger partial charge in [-0.1, -0.05) is 57.4 Å². The summed E-state index contributed by atoms with van der Waals surface area (Å²) in [4.78, 5) is 0. The highest BCUT2D eigenvalue weighted by Crippen LogP contribution is 2.12. The summed E-state index contributed by atoms with van der Waals surface area (Å²) in [6.07, 6.45) is 11.9.